The zero-order valence-corrected chi connectivity index (χ0v) is 16.7. The van der Waals surface area contributed by atoms with Gasteiger partial charge in [0.05, 0.1) is 0 Å². The second-order valence-electron chi connectivity index (χ2n) is 6.68. The van der Waals surface area contributed by atoms with Crippen LogP contribution >= 0.6 is 0 Å². The van der Waals surface area contributed by atoms with E-state index in [1.807, 2.05) is 0 Å². The summed E-state index contributed by atoms with van der Waals surface area (Å²) in [4.78, 5) is 55.9. The molecule has 13 heteroatoms. The number of hydrogen-bond donors (Lipinski definition) is 6. The van der Waals surface area contributed by atoms with Crippen LogP contribution in [0, 0.1) is 0 Å². The number of nitrogens with zero attached hydrogens (tertiary/aromatic N) is 2. The third kappa shape index (κ3) is 6.23. The van der Waals surface area contributed by atoms with Crippen molar-refractivity contribution in [3.05, 3.63) is 12.7 Å². The molecule has 0 aromatic heterocycles. The lowest BCUT2D eigenvalue weighted by molar-refractivity contribution is -0.126. The first-order valence-electron chi connectivity index (χ1n) is 8.30. The Kier molecular flexibility index (Phi) is 9.40. The van der Waals surface area contributed by atoms with Gasteiger partial charge in [-0.15, -0.1) is 0 Å². The molecule has 0 spiro atoms. The summed E-state index contributed by atoms with van der Waals surface area (Å²) in [5, 5.41) is 31.7. The molecule has 0 radical (unpaired) electrons. The predicted octanol–water partition coefficient (Wildman–Crippen LogP) is -2.23. The maximum atomic E-state index is 11.0. The normalized spacial score (nSPS) is 18.7. The Morgan fingerprint density at radius 2 is 1.28 bits per heavy atom. The Hall–Kier alpha value is -3.03. The van der Waals surface area contributed by atoms with Crippen molar-refractivity contribution in [1.29, 1.82) is 0 Å². The quantitative estimate of drug-likeness (QED) is 0.168. The molecule has 0 bridgehead atoms. The first kappa shape index (κ1) is 26.0. The predicted molar refractivity (Wildman–Crippen MR) is 98.5 cm³/mol. The van der Waals surface area contributed by atoms with E-state index in [0.717, 1.165) is 15.9 Å². The van der Waals surface area contributed by atoms with Crippen molar-refractivity contribution < 1.29 is 39.3 Å². The first-order chi connectivity index (χ1) is 13.3. The maximum Gasteiger partial charge on any atom is 0.326 e. The van der Waals surface area contributed by atoms with Crippen molar-refractivity contribution in [2.24, 2.45) is 0 Å². The Labute approximate surface area is 167 Å². The van der Waals surface area contributed by atoms with Gasteiger partial charge in [0, 0.05) is 0 Å². The second-order valence-corrected chi connectivity index (χ2v) is 6.68. The molecule has 0 atom stereocenters. The van der Waals surface area contributed by atoms with Crippen LogP contribution < -0.4 is 16.0 Å². The molecule has 164 valence electrons. The summed E-state index contributed by atoms with van der Waals surface area (Å²) in [6, 6.07) is -1.08. The molecular formula is C16H27N5O8. The number of carbonyl (C=O) groups is 5. The van der Waals surface area contributed by atoms with E-state index in [0.29, 0.717) is 0 Å². The summed E-state index contributed by atoms with van der Waals surface area (Å²) >= 11 is 0. The molecule has 2 rings (SSSR count). The molecule has 2 heterocycles. The molecule has 2 aliphatic heterocycles. The third-order valence-corrected chi connectivity index (χ3v) is 4.11. The topological polar surface area (TPSA) is 189 Å². The Morgan fingerprint density at radius 3 is 1.38 bits per heavy atom. The van der Waals surface area contributed by atoms with Gasteiger partial charge in [0.25, 0.3) is 11.8 Å². The monoisotopic (exact) mass is 417 g/mol. The van der Waals surface area contributed by atoms with Crippen molar-refractivity contribution in [2.45, 2.75) is 38.8 Å². The summed E-state index contributed by atoms with van der Waals surface area (Å²) < 4.78 is 0. The van der Waals surface area contributed by atoms with Gasteiger partial charge in [-0.1, -0.05) is 6.58 Å². The fourth-order valence-corrected chi connectivity index (χ4v) is 2.02. The number of amides is 7. The average molecular weight is 417 g/mol. The van der Waals surface area contributed by atoms with E-state index >= 15 is 0 Å². The van der Waals surface area contributed by atoms with Crippen molar-refractivity contribution in [2.75, 3.05) is 20.2 Å². The molecule has 0 aromatic rings. The highest BCUT2D eigenvalue weighted by Gasteiger charge is 2.45. The SMILES string of the molecule is C=CC(=O)NCO.CC1(C)C(=O)NC(=O)N1CO.CC1(C)C(=O)NC(=O)N1CO. The molecule has 29 heavy (non-hydrogen) atoms. The third-order valence-electron chi connectivity index (χ3n) is 4.11. The van der Waals surface area contributed by atoms with Gasteiger partial charge in [-0.2, -0.15) is 0 Å². The number of aliphatic hydroxyl groups excluding tert-OH is 3. The molecular weight excluding hydrogens is 390 g/mol. The van der Waals surface area contributed by atoms with Crippen molar-refractivity contribution in [3.8, 4) is 0 Å². The van der Waals surface area contributed by atoms with Crippen LogP contribution in [-0.4, -0.2) is 86.2 Å². The lowest BCUT2D eigenvalue weighted by Crippen LogP contribution is -2.44. The minimum atomic E-state index is -0.925. The lowest BCUT2D eigenvalue weighted by Gasteiger charge is -2.24. The molecule has 0 aromatic carbocycles. The van der Waals surface area contributed by atoms with E-state index in [-0.39, 0.29) is 24.5 Å². The van der Waals surface area contributed by atoms with E-state index in [2.05, 4.69) is 22.5 Å². The summed E-state index contributed by atoms with van der Waals surface area (Å²) in [5.74, 6) is -1.12. The van der Waals surface area contributed by atoms with Crippen LogP contribution in [0.5, 0.6) is 0 Å². The van der Waals surface area contributed by atoms with Gasteiger partial charge >= 0.3 is 12.1 Å². The molecule has 2 saturated heterocycles. The number of nitrogens with one attached hydrogen (secondary N) is 3. The summed E-state index contributed by atoms with van der Waals surface area (Å²) in [5.41, 5.74) is -1.85. The summed E-state index contributed by atoms with van der Waals surface area (Å²) in [6.45, 7) is 8.24. The van der Waals surface area contributed by atoms with E-state index in [1.54, 1.807) is 27.7 Å². The highest BCUT2D eigenvalue weighted by molar-refractivity contribution is 6.06. The van der Waals surface area contributed by atoms with E-state index in [1.165, 1.54) is 0 Å². The molecule has 0 aliphatic carbocycles. The summed E-state index contributed by atoms with van der Waals surface area (Å²) in [6.07, 6.45) is 1.09. The molecule has 0 saturated carbocycles. The largest absolute Gasteiger partial charge is 0.376 e. The van der Waals surface area contributed by atoms with Gasteiger partial charge < -0.3 is 20.6 Å². The summed E-state index contributed by atoms with van der Waals surface area (Å²) in [7, 11) is 0. The fourth-order valence-electron chi connectivity index (χ4n) is 2.02. The number of hydrogen-bond acceptors (Lipinski definition) is 8. The van der Waals surface area contributed by atoms with Crippen LogP contribution in [0.4, 0.5) is 9.59 Å². The van der Waals surface area contributed by atoms with Crippen LogP contribution in [0.2, 0.25) is 0 Å². The standard InChI is InChI=1S/2C6H10N2O3.C4H7NO2/c2*1-6(2)4(10)7-5(11)8(6)3-9;1-2-4(7)5-3-6/h2*9H,3H2,1-2H3,(H,7,10,11);2,6H,1,3H2,(H,5,7). The highest BCUT2D eigenvalue weighted by atomic mass is 16.3. The second kappa shape index (κ2) is 10.5. The van der Waals surface area contributed by atoms with Gasteiger partial charge in [0.2, 0.25) is 5.91 Å². The average Bonchev–Trinajstić information content (AvgIpc) is 2.95. The van der Waals surface area contributed by atoms with Crippen LogP contribution in [0.25, 0.3) is 0 Å². The zero-order valence-electron chi connectivity index (χ0n) is 16.7. The number of carbonyl (C=O) groups excluding carboxylic acids is 5. The molecule has 7 amide bonds. The molecule has 2 aliphatic rings. The van der Waals surface area contributed by atoms with Gasteiger partial charge in [0.15, 0.2) is 0 Å². The molecule has 13 nitrogen and oxygen atoms in total. The van der Waals surface area contributed by atoms with Gasteiger partial charge in [-0.3, -0.25) is 34.8 Å². The van der Waals surface area contributed by atoms with Gasteiger partial charge in [0.1, 0.15) is 31.3 Å². The zero-order chi connectivity index (χ0) is 23.0. The number of aliphatic hydroxyl groups is 3. The lowest BCUT2D eigenvalue weighted by atomic mass is 10.1. The van der Waals surface area contributed by atoms with E-state index in [4.69, 9.17) is 15.3 Å². The Bertz CT molecular complexity index is 630. The van der Waals surface area contributed by atoms with Gasteiger partial charge in [-0.05, 0) is 33.8 Å². The fraction of sp³-hybridized carbons (Fsp3) is 0.562. The molecule has 6 N–H and O–H groups in total. The van der Waals surface area contributed by atoms with Crippen LogP contribution in [0.3, 0.4) is 0 Å². The van der Waals surface area contributed by atoms with Crippen molar-refractivity contribution in [1.82, 2.24) is 25.8 Å². The number of imide groups is 2. The van der Waals surface area contributed by atoms with Crippen molar-refractivity contribution in [3.63, 3.8) is 0 Å². The minimum Gasteiger partial charge on any atom is -0.376 e. The number of urea groups is 2. The van der Waals surface area contributed by atoms with Crippen LogP contribution in [0.15, 0.2) is 12.7 Å². The minimum absolute atomic E-state index is 0.329. The van der Waals surface area contributed by atoms with Crippen LogP contribution in [0.1, 0.15) is 27.7 Å². The highest BCUT2D eigenvalue weighted by Crippen LogP contribution is 2.19. The Balaban J connectivity index is 0.000000419. The maximum absolute atomic E-state index is 11.0. The Morgan fingerprint density at radius 1 is 0.931 bits per heavy atom. The molecule has 2 fully saturated rings. The van der Waals surface area contributed by atoms with E-state index in [9.17, 15) is 24.0 Å². The first-order valence-corrected chi connectivity index (χ1v) is 8.30. The van der Waals surface area contributed by atoms with Crippen molar-refractivity contribution >= 4 is 29.8 Å². The number of rotatable bonds is 4. The van der Waals surface area contributed by atoms with Crippen LogP contribution in [-0.2, 0) is 14.4 Å². The van der Waals surface area contributed by atoms with Gasteiger partial charge in [-0.25, -0.2) is 9.59 Å². The molecule has 0 unspecified atom stereocenters. The van der Waals surface area contributed by atoms with E-state index < -0.39 is 36.6 Å². The smallest absolute Gasteiger partial charge is 0.326 e.